The van der Waals surface area contributed by atoms with Gasteiger partial charge in [-0.05, 0) is 43.7 Å². The highest BCUT2D eigenvalue weighted by atomic mass is 79.9. The minimum atomic E-state index is -3.69. The lowest BCUT2D eigenvalue weighted by Crippen LogP contribution is -2.27. The third kappa shape index (κ3) is 3.25. The minimum Gasteiger partial charge on any atom is -0.269 e. The topological polar surface area (TPSA) is 37.4 Å². The molecule has 21 heavy (non-hydrogen) atoms. The van der Waals surface area contributed by atoms with Crippen LogP contribution < -0.4 is 4.31 Å². The monoisotopic (exact) mass is 387 g/mol. The molecule has 0 aliphatic carbocycles. The Hall–Kier alpha value is -1.04. The van der Waals surface area contributed by atoms with Crippen LogP contribution in [0.1, 0.15) is 11.1 Å². The van der Waals surface area contributed by atoms with E-state index < -0.39 is 10.0 Å². The summed E-state index contributed by atoms with van der Waals surface area (Å²) in [6.07, 6.45) is 0. The SMILES string of the molecule is Cc1ccc(N(C)S(=O)(=O)c2ccc(Br)cc2Cl)c(C)c1. The molecule has 112 valence electrons. The van der Waals surface area contributed by atoms with Crippen LogP contribution in [0.3, 0.4) is 0 Å². The number of halogens is 2. The first kappa shape index (κ1) is 16.3. The van der Waals surface area contributed by atoms with E-state index in [9.17, 15) is 8.42 Å². The van der Waals surface area contributed by atoms with Gasteiger partial charge in [0.25, 0.3) is 10.0 Å². The normalized spacial score (nSPS) is 11.5. The Bertz CT molecular complexity index is 790. The summed E-state index contributed by atoms with van der Waals surface area (Å²) in [6, 6.07) is 10.4. The zero-order chi connectivity index (χ0) is 15.8. The number of hydrogen-bond donors (Lipinski definition) is 0. The van der Waals surface area contributed by atoms with E-state index in [1.54, 1.807) is 18.2 Å². The van der Waals surface area contributed by atoms with E-state index in [-0.39, 0.29) is 9.92 Å². The van der Waals surface area contributed by atoms with Crippen molar-refractivity contribution in [2.24, 2.45) is 0 Å². The third-order valence-corrected chi connectivity index (χ3v) is 5.97. The highest BCUT2D eigenvalue weighted by Crippen LogP contribution is 2.31. The van der Waals surface area contributed by atoms with Crippen molar-refractivity contribution in [1.82, 2.24) is 0 Å². The molecule has 0 aliphatic rings. The van der Waals surface area contributed by atoms with Gasteiger partial charge in [0.15, 0.2) is 0 Å². The van der Waals surface area contributed by atoms with Crippen molar-refractivity contribution in [2.45, 2.75) is 18.7 Å². The van der Waals surface area contributed by atoms with Crippen molar-refractivity contribution >= 4 is 43.2 Å². The van der Waals surface area contributed by atoms with Crippen molar-refractivity contribution in [3.8, 4) is 0 Å². The molecule has 0 bridgehead atoms. The predicted octanol–water partition coefficient (Wildman–Crippen LogP) is 4.54. The third-order valence-electron chi connectivity index (χ3n) is 3.22. The molecule has 0 aliphatic heterocycles. The highest BCUT2D eigenvalue weighted by molar-refractivity contribution is 9.10. The molecule has 0 N–H and O–H groups in total. The first-order chi connectivity index (χ1) is 9.73. The van der Waals surface area contributed by atoms with Gasteiger partial charge in [0, 0.05) is 11.5 Å². The van der Waals surface area contributed by atoms with Crippen LogP contribution in [-0.4, -0.2) is 15.5 Å². The van der Waals surface area contributed by atoms with Crippen LogP contribution in [-0.2, 0) is 10.0 Å². The lowest BCUT2D eigenvalue weighted by atomic mass is 10.1. The van der Waals surface area contributed by atoms with Gasteiger partial charge in [-0.1, -0.05) is 45.2 Å². The minimum absolute atomic E-state index is 0.0924. The van der Waals surface area contributed by atoms with Gasteiger partial charge in [0.05, 0.1) is 10.7 Å². The molecule has 2 rings (SSSR count). The fraction of sp³-hybridized carbons (Fsp3) is 0.200. The summed E-state index contributed by atoms with van der Waals surface area (Å²) in [5.74, 6) is 0. The number of anilines is 1. The molecule has 0 fully saturated rings. The fourth-order valence-electron chi connectivity index (χ4n) is 2.12. The van der Waals surface area contributed by atoms with E-state index in [0.29, 0.717) is 5.69 Å². The Balaban J connectivity index is 2.52. The number of rotatable bonds is 3. The molecule has 2 aromatic rings. The van der Waals surface area contributed by atoms with E-state index in [1.807, 2.05) is 26.0 Å². The van der Waals surface area contributed by atoms with Crippen molar-refractivity contribution in [3.05, 3.63) is 57.0 Å². The van der Waals surface area contributed by atoms with Crippen molar-refractivity contribution in [3.63, 3.8) is 0 Å². The summed E-state index contributed by atoms with van der Waals surface area (Å²) >= 11 is 9.35. The first-order valence-corrected chi connectivity index (χ1v) is 8.86. The molecule has 0 heterocycles. The number of sulfonamides is 1. The lowest BCUT2D eigenvalue weighted by Gasteiger charge is -2.22. The van der Waals surface area contributed by atoms with Crippen LogP contribution in [0.2, 0.25) is 5.02 Å². The molecule has 3 nitrogen and oxygen atoms in total. The van der Waals surface area contributed by atoms with Gasteiger partial charge in [-0.15, -0.1) is 0 Å². The first-order valence-electron chi connectivity index (χ1n) is 6.24. The largest absolute Gasteiger partial charge is 0.269 e. The fourth-order valence-corrected chi connectivity index (χ4v) is 4.39. The summed E-state index contributed by atoms with van der Waals surface area (Å²) in [7, 11) is -2.16. The van der Waals surface area contributed by atoms with E-state index >= 15 is 0 Å². The van der Waals surface area contributed by atoms with E-state index in [4.69, 9.17) is 11.6 Å². The molecule has 0 aromatic heterocycles. The molecule has 0 saturated carbocycles. The van der Waals surface area contributed by atoms with Crippen LogP contribution >= 0.6 is 27.5 Å². The lowest BCUT2D eigenvalue weighted by molar-refractivity contribution is 0.594. The van der Waals surface area contributed by atoms with Gasteiger partial charge >= 0.3 is 0 Å². The van der Waals surface area contributed by atoms with Crippen LogP contribution in [0.5, 0.6) is 0 Å². The van der Waals surface area contributed by atoms with E-state index in [0.717, 1.165) is 15.6 Å². The number of nitrogens with zero attached hydrogens (tertiary/aromatic N) is 1. The van der Waals surface area contributed by atoms with Crippen molar-refractivity contribution in [1.29, 1.82) is 0 Å². The molecule has 6 heteroatoms. The molecule has 0 atom stereocenters. The molecule has 0 amide bonds. The maximum atomic E-state index is 12.7. The van der Waals surface area contributed by atoms with Gasteiger partial charge in [0.1, 0.15) is 4.90 Å². The Labute approximate surface area is 138 Å². The number of hydrogen-bond acceptors (Lipinski definition) is 2. The van der Waals surface area contributed by atoms with Gasteiger partial charge in [-0.25, -0.2) is 8.42 Å². The molecule has 0 unspecified atom stereocenters. The van der Waals surface area contributed by atoms with Crippen LogP contribution in [0, 0.1) is 13.8 Å². The number of benzene rings is 2. The van der Waals surface area contributed by atoms with Crippen LogP contribution in [0.15, 0.2) is 45.8 Å². The Morgan fingerprint density at radius 2 is 1.76 bits per heavy atom. The zero-order valence-corrected chi connectivity index (χ0v) is 15.1. The summed E-state index contributed by atoms with van der Waals surface area (Å²) in [6.45, 7) is 3.86. The average molecular weight is 389 g/mol. The van der Waals surface area contributed by atoms with E-state index in [1.165, 1.54) is 17.4 Å². The molecule has 0 radical (unpaired) electrons. The van der Waals surface area contributed by atoms with Gasteiger partial charge in [-0.3, -0.25) is 4.31 Å². The van der Waals surface area contributed by atoms with E-state index in [2.05, 4.69) is 15.9 Å². The summed E-state index contributed by atoms with van der Waals surface area (Å²) in [5, 5.41) is 0.195. The summed E-state index contributed by atoms with van der Waals surface area (Å²) in [4.78, 5) is 0.0924. The Morgan fingerprint density at radius 1 is 1.10 bits per heavy atom. The molecule has 0 spiro atoms. The maximum Gasteiger partial charge on any atom is 0.265 e. The second-order valence-corrected chi connectivity index (χ2v) is 8.10. The van der Waals surface area contributed by atoms with Gasteiger partial charge in [-0.2, -0.15) is 0 Å². The average Bonchev–Trinajstić information content (AvgIpc) is 2.37. The zero-order valence-electron chi connectivity index (χ0n) is 11.9. The maximum absolute atomic E-state index is 12.7. The molecule has 0 saturated heterocycles. The molecular weight excluding hydrogens is 374 g/mol. The van der Waals surface area contributed by atoms with Crippen molar-refractivity contribution < 1.29 is 8.42 Å². The summed E-state index contributed by atoms with van der Waals surface area (Å²) < 4.78 is 27.5. The Morgan fingerprint density at radius 3 is 2.33 bits per heavy atom. The molecule has 2 aromatic carbocycles. The van der Waals surface area contributed by atoms with Crippen LogP contribution in [0.25, 0.3) is 0 Å². The van der Waals surface area contributed by atoms with Gasteiger partial charge < -0.3 is 0 Å². The Kier molecular flexibility index (Phi) is 4.66. The van der Waals surface area contributed by atoms with Crippen molar-refractivity contribution in [2.75, 3.05) is 11.4 Å². The second kappa shape index (κ2) is 5.99. The highest BCUT2D eigenvalue weighted by Gasteiger charge is 2.25. The predicted molar refractivity (Wildman–Crippen MR) is 90.7 cm³/mol. The van der Waals surface area contributed by atoms with Gasteiger partial charge in [0.2, 0.25) is 0 Å². The second-order valence-electron chi connectivity index (χ2n) is 4.84. The molecular formula is C15H15BrClNO2S. The summed E-state index contributed by atoms with van der Waals surface area (Å²) in [5.41, 5.74) is 2.62. The standard InChI is InChI=1S/C15H15BrClNO2S/c1-10-4-6-14(11(2)8-10)18(3)21(19,20)15-7-5-12(16)9-13(15)17/h4-9H,1-3H3. The smallest absolute Gasteiger partial charge is 0.265 e. The van der Waals surface area contributed by atoms with Crippen LogP contribution in [0.4, 0.5) is 5.69 Å². The number of aryl methyl sites for hydroxylation is 2. The quantitative estimate of drug-likeness (QED) is 0.774.